The van der Waals surface area contributed by atoms with Gasteiger partial charge in [0.25, 0.3) is 0 Å². The van der Waals surface area contributed by atoms with Crippen molar-refractivity contribution in [2.75, 3.05) is 0 Å². The van der Waals surface area contributed by atoms with Crippen LogP contribution in [0.25, 0.3) is 11.4 Å². The van der Waals surface area contributed by atoms with Crippen molar-refractivity contribution in [2.45, 2.75) is 64.1 Å². The van der Waals surface area contributed by atoms with E-state index in [1.165, 1.54) is 0 Å². The Labute approximate surface area is 170 Å². The standard InChI is InChI=1S/C21H27N7O/c1-2-19-22-13-15-27(19)14-12-20(29)23-17-8-10-18(11-9-17)28-25-21(24-26-28)16-6-4-3-5-7-16/h3-7,13,15,17-18H,2,8-12,14H2,1H3,(H,23,29). The zero-order chi connectivity index (χ0) is 20.1. The lowest BCUT2D eigenvalue weighted by atomic mass is 9.91. The molecule has 0 radical (unpaired) electrons. The molecule has 8 nitrogen and oxygen atoms in total. The minimum absolute atomic E-state index is 0.106. The SMILES string of the molecule is CCc1nccn1CCC(=O)NC1CCC(n2nnc(-c3ccccc3)n2)CC1. The van der Waals surface area contributed by atoms with E-state index in [0.29, 0.717) is 18.8 Å². The summed E-state index contributed by atoms with van der Waals surface area (Å²) in [4.78, 5) is 18.4. The number of tetrazole rings is 1. The summed E-state index contributed by atoms with van der Waals surface area (Å²) in [5.74, 6) is 1.79. The van der Waals surface area contributed by atoms with Crippen LogP contribution in [0.2, 0.25) is 0 Å². The third-order valence-corrected chi connectivity index (χ3v) is 5.55. The second kappa shape index (κ2) is 8.98. The highest BCUT2D eigenvalue weighted by Crippen LogP contribution is 2.28. The molecule has 1 aliphatic carbocycles. The minimum atomic E-state index is 0.106. The molecule has 1 fully saturated rings. The van der Waals surface area contributed by atoms with Crippen molar-refractivity contribution in [3.05, 3.63) is 48.5 Å². The Hall–Kier alpha value is -3.03. The quantitative estimate of drug-likeness (QED) is 0.667. The van der Waals surface area contributed by atoms with Crippen LogP contribution in [0.15, 0.2) is 42.7 Å². The lowest BCUT2D eigenvalue weighted by molar-refractivity contribution is -0.122. The van der Waals surface area contributed by atoms with Crippen LogP contribution in [0.1, 0.15) is 50.9 Å². The number of hydrogen-bond donors (Lipinski definition) is 1. The van der Waals surface area contributed by atoms with E-state index >= 15 is 0 Å². The summed E-state index contributed by atoms with van der Waals surface area (Å²) < 4.78 is 2.05. The summed E-state index contributed by atoms with van der Waals surface area (Å²) in [5.41, 5.74) is 0.976. The maximum absolute atomic E-state index is 12.3. The lowest BCUT2D eigenvalue weighted by Gasteiger charge is -2.28. The molecule has 29 heavy (non-hydrogen) atoms. The summed E-state index contributed by atoms with van der Waals surface area (Å²) in [6, 6.07) is 10.4. The van der Waals surface area contributed by atoms with Crippen molar-refractivity contribution in [1.29, 1.82) is 0 Å². The molecule has 1 amide bonds. The molecule has 1 saturated carbocycles. The molecule has 3 aromatic rings. The molecule has 2 heterocycles. The molecule has 0 atom stereocenters. The van der Waals surface area contributed by atoms with Crippen LogP contribution in [0.5, 0.6) is 0 Å². The molecule has 1 aliphatic rings. The number of carbonyl (C=O) groups excluding carboxylic acids is 1. The second-order valence-electron chi connectivity index (χ2n) is 7.51. The van der Waals surface area contributed by atoms with Gasteiger partial charge >= 0.3 is 0 Å². The third-order valence-electron chi connectivity index (χ3n) is 5.55. The third kappa shape index (κ3) is 4.70. The number of nitrogens with zero attached hydrogens (tertiary/aromatic N) is 6. The predicted molar refractivity (Wildman–Crippen MR) is 109 cm³/mol. The van der Waals surface area contributed by atoms with Gasteiger partial charge in [0, 0.05) is 43.4 Å². The molecular weight excluding hydrogens is 366 g/mol. The summed E-state index contributed by atoms with van der Waals surface area (Å²) in [6.07, 6.45) is 8.84. The van der Waals surface area contributed by atoms with Gasteiger partial charge < -0.3 is 9.88 Å². The number of rotatable bonds is 7. The van der Waals surface area contributed by atoms with E-state index in [-0.39, 0.29) is 18.0 Å². The second-order valence-corrected chi connectivity index (χ2v) is 7.51. The van der Waals surface area contributed by atoms with Crippen molar-refractivity contribution < 1.29 is 4.79 Å². The number of carbonyl (C=O) groups is 1. The first kappa shape index (κ1) is 19.3. The van der Waals surface area contributed by atoms with Crippen LogP contribution in [-0.2, 0) is 17.8 Å². The first-order valence-corrected chi connectivity index (χ1v) is 10.4. The average molecular weight is 393 g/mol. The van der Waals surface area contributed by atoms with E-state index in [1.807, 2.05) is 36.5 Å². The van der Waals surface area contributed by atoms with E-state index in [4.69, 9.17) is 0 Å². The Morgan fingerprint density at radius 1 is 1.17 bits per heavy atom. The van der Waals surface area contributed by atoms with Crippen LogP contribution in [0.4, 0.5) is 0 Å². The number of benzene rings is 1. The highest BCUT2D eigenvalue weighted by molar-refractivity contribution is 5.76. The van der Waals surface area contributed by atoms with Crippen LogP contribution in [-0.4, -0.2) is 41.7 Å². The first-order valence-electron chi connectivity index (χ1n) is 10.4. The van der Waals surface area contributed by atoms with E-state index in [9.17, 15) is 4.79 Å². The van der Waals surface area contributed by atoms with Gasteiger partial charge in [0.1, 0.15) is 5.82 Å². The Morgan fingerprint density at radius 2 is 1.97 bits per heavy atom. The molecule has 0 bridgehead atoms. The molecule has 0 aliphatic heterocycles. The van der Waals surface area contributed by atoms with Crippen LogP contribution in [0.3, 0.4) is 0 Å². The zero-order valence-corrected chi connectivity index (χ0v) is 16.7. The van der Waals surface area contributed by atoms with Gasteiger partial charge in [-0.3, -0.25) is 4.79 Å². The fourth-order valence-electron chi connectivity index (χ4n) is 3.91. The van der Waals surface area contributed by atoms with Crippen LogP contribution < -0.4 is 5.32 Å². The monoisotopic (exact) mass is 393 g/mol. The molecule has 4 rings (SSSR count). The summed E-state index contributed by atoms with van der Waals surface area (Å²) in [6.45, 7) is 2.75. The zero-order valence-electron chi connectivity index (χ0n) is 16.7. The Balaban J connectivity index is 1.24. The van der Waals surface area contributed by atoms with Crippen molar-refractivity contribution in [1.82, 2.24) is 35.1 Å². The molecule has 0 spiro atoms. The molecular formula is C21H27N7O. The van der Waals surface area contributed by atoms with Gasteiger partial charge in [-0.25, -0.2) is 4.98 Å². The Morgan fingerprint density at radius 3 is 2.72 bits per heavy atom. The molecule has 1 aromatic carbocycles. The highest BCUT2D eigenvalue weighted by atomic mass is 16.1. The van der Waals surface area contributed by atoms with E-state index in [0.717, 1.165) is 43.5 Å². The van der Waals surface area contributed by atoms with Crippen LogP contribution >= 0.6 is 0 Å². The largest absolute Gasteiger partial charge is 0.353 e. The molecule has 0 saturated heterocycles. The lowest BCUT2D eigenvalue weighted by Crippen LogP contribution is -2.38. The molecule has 1 N–H and O–H groups in total. The molecule has 2 aromatic heterocycles. The molecule has 152 valence electrons. The van der Waals surface area contributed by atoms with Crippen molar-refractivity contribution in [3.8, 4) is 11.4 Å². The smallest absolute Gasteiger partial charge is 0.222 e. The summed E-state index contributed by atoms with van der Waals surface area (Å²) >= 11 is 0. The van der Waals surface area contributed by atoms with Gasteiger partial charge in [-0.1, -0.05) is 37.3 Å². The van der Waals surface area contributed by atoms with E-state index in [1.54, 1.807) is 11.0 Å². The Bertz CT molecular complexity index is 925. The maximum atomic E-state index is 12.3. The minimum Gasteiger partial charge on any atom is -0.353 e. The number of aryl methyl sites for hydroxylation is 2. The average Bonchev–Trinajstić information content (AvgIpc) is 3.43. The number of imidazole rings is 1. The topological polar surface area (TPSA) is 90.5 Å². The van der Waals surface area contributed by atoms with Gasteiger partial charge in [0.2, 0.25) is 11.7 Å². The first-order chi connectivity index (χ1) is 14.2. The fourth-order valence-corrected chi connectivity index (χ4v) is 3.91. The molecule has 0 unspecified atom stereocenters. The fraction of sp³-hybridized carbons (Fsp3) is 0.476. The number of aromatic nitrogens is 6. The Kier molecular flexibility index (Phi) is 5.97. The number of amides is 1. The van der Waals surface area contributed by atoms with Crippen molar-refractivity contribution >= 4 is 5.91 Å². The number of hydrogen-bond acceptors (Lipinski definition) is 5. The van der Waals surface area contributed by atoms with E-state index in [2.05, 4.69) is 37.2 Å². The normalized spacial score (nSPS) is 19.2. The predicted octanol–water partition coefficient (Wildman–Crippen LogP) is 2.79. The molecule has 8 heteroatoms. The van der Waals surface area contributed by atoms with Gasteiger partial charge in [0.15, 0.2) is 0 Å². The van der Waals surface area contributed by atoms with Crippen LogP contribution in [0, 0.1) is 0 Å². The van der Waals surface area contributed by atoms with Crippen molar-refractivity contribution in [2.24, 2.45) is 0 Å². The maximum Gasteiger partial charge on any atom is 0.222 e. The highest BCUT2D eigenvalue weighted by Gasteiger charge is 2.25. The summed E-state index contributed by atoms with van der Waals surface area (Å²) in [7, 11) is 0. The van der Waals surface area contributed by atoms with Crippen molar-refractivity contribution in [3.63, 3.8) is 0 Å². The number of nitrogens with one attached hydrogen (secondary N) is 1. The summed E-state index contributed by atoms with van der Waals surface area (Å²) in [5, 5.41) is 16.2. The van der Waals surface area contributed by atoms with Gasteiger partial charge in [-0.15, -0.1) is 10.2 Å². The van der Waals surface area contributed by atoms with Gasteiger partial charge in [-0.2, -0.15) is 4.80 Å². The van der Waals surface area contributed by atoms with E-state index < -0.39 is 0 Å². The van der Waals surface area contributed by atoms with Gasteiger partial charge in [0.05, 0.1) is 6.04 Å². The van der Waals surface area contributed by atoms with Gasteiger partial charge in [-0.05, 0) is 30.9 Å².